The molecular weight excluding hydrogens is 366 g/mol. The average molecular weight is 396 g/mol. The van der Waals surface area contributed by atoms with Gasteiger partial charge in [0.15, 0.2) is 5.82 Å². The van der Waals surface area contributed by atoms with Gasteiger partial charge in [-0.2, -0.15) is 5.10 Å². The van der Waals surface area contributed by atoms with Gasteiger partial charge < -0.3 is 10.2 Å². The van der Waals surface area contributed by atoms with Crippen LogP contribution in [0.4, 0.5) is 0 Å². The van der Waals surface area contributed by atoms with Gasteiger partial charge >= 0.3 is 0 Å². The Balaban J connectivity index is 1.61. The fourth-order valence-corrected chi connectivity index (χ4v) is 4.74. The topological polar surface area (TPSA) is 91.0 Å². The Hall–Kier alpha value is -2.70. The second-order valence-electron chi connectivity index (χ2n) is 8.64. The van der Waals surface area contributed by atoms with E-state index in [9.17, 15) is 9.59 Å². The zero-order valence-corrected chi connectivity index (χ0v) is 17.1. The molecule has 0 unspecified atom stereocenters. The monoisotopic (exact) mass is 395 g/mol. The molecule has 2 fully saturated rings. The van der Waals surface area contributed by atoms with E-state index in [0.717, 1.165) is 31.2 Å². The van der Waals surface area contributed by atoms with Crippen LogP contribution in [-0.4, -0.2) is 44.5 Å². The Morgan fingerprint density at radius 3 is 2.59 bits per heavy atom. The smallest absolute Gasteiger partial charge is 0.229 e. The maximum atomic E-state index is 13.6. The molecule has 7 heteroatoms. The van der Waals surface area contributed by atoms with Gasteiger partial charge in [-0.1, -0.05) is 56.5 Å². The highest BCUT2D eigenvalue weighted by Crippen LogP contribution is 2.41. The third-order valence-corrected chi connectivity index (χ3v) is 6.29. The number of carbonyl (C=O) groups is 2. The van der Waals surface area contributed by atoms with Gasteiger partial charge in [0.05, 0.1) is 6.04 Å². The second-order valence-corrected chi connectivity index (χ2v) is 8.64. The van der Waals surface area contributed by atoms with Crippen molar-refractivity contribution in [3.63, 3.8) is 0 Å². The van der Waals surface area contributed by atoms with E-state index in [1.807, 2.05) is 35.2 Å². The van der Waals surface area contributed by atoms with Crippen molar-refractivity contribution in [2.45, 2.75) is 64.5 Å². The summed E-state index contributed by atoms with van der Waals surface area (Å²) in [6.45, 7) is 4.12. The van der Waals surface area contributed by atoms with Crippen molar-refractivity contribution in [2.24, 2.45) is 5.41 Å². The Labute approximate surface area is 171 Å². The van der Waals surface area contributed by atoms with E-state index < -0.39 is 0 Å². The number of rotatable bonds is 4. The first-order valence-corrected chi connectivity index (χ1v) is 10.5. The molecule has 2 N–H and O–H groups in total. The number of aromatic nitrogens is 3. The lowest BCUT2D eigenvalue weighted by molar-refractivity contribution is -0.144. The number of H-pyrrole nitrogens is 1. The molecule has 1 aromatic carbocycles. The van der Waals surface area contributed by atoms with Crippen molar-refractivity contribution in [1.29, 1.82) is 0 Å². The molecule has 1 aromatic heterocycles. The molecule has 2 heterocycles. The number of amides is 2. The molecule has 0 spiro atoms. The average Bonchev–Trinajstić information content (AvgIpc) is 3.35. The van der Waals surface area contributed by atoms with E-state index in [0.29, 0.717) is 24.6 Å². The molecule has 0 bridgehead atoms. The highest BCUT2D eigenvalue weighted by Gasteiger charge is 2.45. The molecule has 1 saturated heterocycles. The van der Waals surface area contributed by atoms with E-state index in [1.54, 1.807) is 0 Å². The first-order chi connectivity index (χ1) is 14.0. The number of nitrogens with zero attached hydrogens (tertiary/aromatic N) is 3. The Morgan fingerprint density at radius 1 is 1.17 bits per heavy atom. The molecule has 29 heavy (non-hydrogen) atoms. The summed E-state index contributed by atoms with van der Waals surface area (Å²) in [6.07, 6.45) is 5.87. The molecule has 2 amide bonds. The van der Waals surface area contributed by atoms with Crippen molar-refractivity contribution < 1.29 is 9.59 Å². The number of carbonyl (C=O) groups excluding carboxylic acids is 2. The number of hydrogen-bond donors (Lipinski definition) is 2. The van der Waals surface area contributed by atoms with Crippen molar-refractivity contribution in [2.75, 3.05) is 6.54 Å². The molecule has 1 aliphatic heterocycles. The first-order valence-electron chi connectivity index (χ1n) is 10.5. The van der Waals surface area contributed by atoms with Crippen LogP contribution in [0.2, 0.25) is 0 Å². The van der Waals surface area contributed by atoms with Crippen LogP contribution in [0.3, 0.4) is 0 Å². The Kier molecular flexibility index (Phi) is 5.39. The van der Waals surface area contributed by atoms with Crippen LogP contribution in [0.1, 0.15) is 64.2 Å². The molecule has 4 rings (SSSR count). The predicted octanol–water partition coefficient (Wildman–Crippen LogP) is 3.22. The van der Waals surface area contributed by atoms with Gasteiger partial charge in [-0.05, 0) is 19.3 Å². The minimum Gasteiger partial charge on any atom is -0.352 e. The number of benzene rings is 1. The summed E-state index contributed by atoms with van der Waals surface area (Å²) < 4.78 is 0. The second kappa shape index (κ2) is 7.97. The lowest BCUT2D eigenvalue weighted by atomic mass is 9.74. The van der Waals surface area contributed by atoms with Crippen molar-refractivity contribution in [3.8, 4) is 11.4 Å². The van der Waals surface area contributed by atoms with Crippen molar-refractivity contribution >= 4 is 11.8 Å². The predicted molar refractivity (Wildman–Crippen MR) is 110 cm³/mol. The number of likely N-dealkylation sites (tertiary alicyclic amines) is 1. The molecule has 1 aliphatic carbocycles. The largest absolute Gasteiger partial charge is 0.352 e. The molecule has 2 atom stereocenters. The summed E-state index contributed by atoms with van der Waals surface area (Å²) in [5.74, 6) is 1.41. The van der Waals surface area contributed by atoms with Crippen LogP contribution in [-0.2, 0) is 9.59 Å². The summed E-state index contributed by atoms with van der Waals surface area (Å²) in [5.41, 5.74) is 0.604. The molecule has 7 nitrogen and oxygen atoms in total. The van der Waals surface area contributed by atoms with Crippen molar-refractivity contribution in [3.05, 3.63) is 36.2 Å². The van der Waals surface area contributed by atoms with Gasteiger partial charge in [0, 0.05) is 30.5 Å². The van der Waals surface area contributed by atoms with Crippen LogP contribution >= 0.6 is 0 Å². The van der Waals surface area contributed by atoms with Crippen LogP contribution in [0.15, 0.2) is 30.3 Å². The van der Waals surface area contributed by atoms with Crippen LogP contribution in [0.5, 0.6) is 0 Å². The normalized spacial score (nSPS) is 23.7. The minimum atomic E-state index is -0.329. The first kappa shape index (κ1) is 19.6. The minimum absolute atomic E-state index is 0.0704. The van der Waals surface area contributed by atoms with Gasteiger partial charge in [0.1, 0.15) is 5.82 Å². The van der Waals surface area contributed by atoms with Gasteiger partial charge in [-0.15, -0.1) is 0 Å². The van der Waals surface area contributed by atoms with Crippen LogP contribution < -0.4 is 5.32 Å². The summed E-state index contributed by atoms with van der Waals surface area (Å²) in [6, 6.07) is 9.52. The summed E-state index contributed by atoms with van der Waals surface area (Å²) in [7, 11) is 0. The van der Waals surface area contributed by atoms with Crippen molar-refractivity contribution in [1.82, 2.24) is 25.4 Å². The number of hydrogen-bond acceptors (Lipinski definition) is 4. The van der Waals surface area contributed by atoms with Gasteiger partial charge in [0.2, 0.25) is 11.8 Å². The summed E-state index contributed by atoms with van der Waals surface area (Å²) in [5, 5.41) is 10.4. The molecule has 2 aromatic rings. The van der Waals surface area contributed by atoms with E-state index in [4.69, 9.17) is 4.98 Å². The zero-order chi connectivity index (χ0) is 20.4. The molecule has 154 valence electrons. The number of nitrogens with one attached hydrogen (secondary N) is 2. The van der Waals surface area contributed by atoms with E-state index in [1.165, 1.54) is 13.3 Å². The van der Waals surface area contributed by atoms with E-state index in [2.05, 4.69) is 22.4 Å². The third-order valence-electron chi connectivity index (χ3n) is 6.29. The molecule has 1 saturated carbocycles. The summed E-state index contributed by atoms with van der Waals surface area (Å²) in [4.78, 5) is 31.8. The highest BCUT2D eigenvalue weighted by atomic mass is 16.2. The van der Waals surface area contributed by atoms with E-state index in [-0.39, 0.29) is 29.3 Å². The fourth-order valence-electron chi connectivity index (χ4n) is 4.74. The van der Waals surface area contributed by atoms with Gasteiger partial charge in [0.25, 0.3) is 0 Å². The SMILES string of the molecule is CC(=O)N[C@H]1C[C@@H](c2nc(-c3ccccc3)n[nH]2)N(C(=O)C2(C)CCCCC2)C1. The zero-order valence-electron chi connectivity index (χ0n) is 17.1. The third kappa shape index (κ3) is 4.04. The van der Waals surface area contributed by atoms with Crippen LogP contribution in [0, 0.1) is 5.41 Å². The maximum Gasteiger partial charge on any atom is 0.229 e. The Morgan fingerprint density at radius 2 is 1.90 bits per heavy atom. The highest BCUT2D eigenvalue weighted by molar-refractivity contribution is 5.83. The maximum absolute atomic E-state index is 13.6. The standard InChI is InChI=1S/C22H29N5O2/c1-15(28)23-17-13-18(20-24-19(25-26-20)16-9-5-3-6-10-16)27(14-17)21(29)22(2)11-7-4-8-12-22/h3,5-6,9-10,17-18H,4,7-8,11-14H2,1-2H3,(H,23,28)(H,24,25,26)/t17-,18-/m0/s1. The van der Waals surface area contributed by atoms with Crippen LogP contribution in [0.25, 0.3) is 11.4 Å². The molecular formula is C22H29N5O2. The van der Waals surface area contributed by atoms with E-state index >= 15 is 0 Å². The number of aromatic amines is 1. The quantitative estimate of drug-likeness (QED) is 0.832. The lowest BCUT2D eigenvalue weighted by Crippen LogP contribution is -2.45. The lowest BCUT2D eigenvalue weighted by Gasteiger charge is -2.37. The summed E-state index contributed by atoms with van der Waals surface area (Å²) >= 11 is 0. The Bertz CT molecular complexity index is 872. The fraction of sp³-hybridized carbons (Fsp3) is 0.545. The molecule has 2 aliphatic rings. The van der Waals surface area contributed by atoms with Gasteiger partial charge in [-0.25, -0.2) is 4.98 Å². The van der Waals surface area contributed by atoms with Gasteiger partial charge in [-0.3, -0.25) is 14.7 Å². The molecule has 0 radical (unpaired) electrons.